The predicted octanol–water partition coefficient (Wildman–Crippen LogP) is 2.14. The van der Waals surface area contributed by atoms with Crippen LogP contribution in [0.1, 0.15) is 32.8 Å². The Kier molecular flexibility index (Phi) is 5.99. The quantitative estimate of drug-likeness (QED) is 0.707. The highest BCUT2D eigenvalue weighted by molar-refractivity contribution is 5.89. The molecule has 4 heteroatoms. The van der Waals surface area contributed by atoms with Gasteiger partial charge in [-0.1, -0.05) is 32.0 Å². The number of para-hydroxylation sites is 1. The lowest BCUT2D eigenvalue weighted by Crippen LogP contribution is -2.30. The van der Waals surface area contributed by atoms with Crippen molar-refractivity contribution in [3.05, 3.63) is 29.8 Å². The van der Waals surface area contributed by atoms with E-state index in [9.17, 15) is 4.79 Å². The first-order valence-corrected chi connectivity index (χ1v) is 6.62. The van der Waals surface area contributed by atoms with Crippen LogP contribution in [0.2, 0.25) is 0 Å². The van der Waals surface area contributed by atoms with Crippen molar-refractivity contribution in [2.45, 2.75) is 33.7 Å². The van der Waals surface area contributed by atoms with E-state index in [2.05, 4.69) is 24.5 Å². The highest BCUT2D eigenvalue weighted by Gasteiger charge is 2.16. The van der Waals surface area contributed by atoms with Crippen LogP contribution in [0.5, 0.6) is 0 Å². The summed E-state index contributed by atoms with van der Waals surface area (Å²) in [4.78, 5) is 11.1. The highest BCUT2D eigenvalue weighted by Crippen LogP contribution is 2.19. The van der Waals surface area contributed by atoms with E-state index < -0.39 is 0 Å². The normalized spacial score (nSPS) is 11.4. The summed E-state index contributed by atoms with van der Waals surface area (Å²) < 4.78 is 0. The van der Waals surface area contributed by atoms with Crippen LogP contribution in [0.4, 0.5) is 5.69 Å². The third kappa shape index (κ3) is 5.85. The molecule has 1 aromatic rings. The molecule has 0 saturated carbocycles. The summed E-state index contributed by atoms with van der Waals surface area (Å²) in [6.45, 7) is 7.48. The van der Waals surface area contributed by atoms with E-state index in [1.807, 2.05) is 24.3 Å². The molecule has 1 aromatic carbocycles. The number of aliphatic hydroxyl groups is 1. The molecule has 19 heavy (non-hydrogen) atoms. The molecule has 4 nitrogen and oxygen atoms in total. The number of anilines is 1. The van der Waals surface area contributed by atoms with Gasteiger partial charge in [-0.15, -0.1) is 0 Å². The Hall–Kier alpha value is -1.39. The minimum Gasteiger partial charge on any atom is -0.396 e. The Morgan fingerprint density at radius 2 is 2.00 bits per heavy atom. The lowest BCUT2D eigenvalue weighted by molar-refractivity contribution is -0.114. The molecule has 106 valence electrons. The molecule has 0 fully saturated rings. The van der Waals surface area contributed by atoms with Gasteiger partial charge in [0.15, 0.2) is 0 Å². The SMILES string of the molecule is CC(=O)Nc1ccccc1CNCC(C)(C)CCO. The molecular formula is C15H24N2O2. The number of aliphatic hydroxyl groups excluding tert-OH is 1. The van der Waals surface area contributed by atoms with E-state index in [1.54, 1.807) is 0 Å². The second-order valence-electron chi connectivity index (χ2n) is 5.58. The maximum atomic E-state index is 11.1. The molecular weight excluding hydrogens is 240 g/mol. The molecule has 0 unspecified atom stereocenters. The second kappa shape index (κ2) is 7.26. The molecule has 0 aliphatic rings. The first kappa shape index (κ1) is 15.7. The van der Waals surface area contributed by atoms with E-state index in [0.717, 1.165) is 24.2 Å². The van der Waals surface area contributed by atoms with Crippen molar-refractivity contribution in [2.75, 3.05) is 18.5 Å². The monoisotopic (exact) mass is 264 g/mol. The summed E-state index contributed by atoms with van der Waals surface area (Å²) in [5.74, 6) is -0.0620. The zero-order valence-electron chi connectivity index (χ0n) is 12.0. The standard InChI is InChI=1S/C15H24N2O2/c1-12(19)17-14-7-5-4-6-13(14)10-16-11-15(2,3)8-9-18/h4-7,16,18H,8-11H2,1-3H3,(H,17,19). The number of nitrogens with one attached hydrogen (secondary N) is 2. The Labute approximate surface area is 115 Å². The number of hydrogen-bond acceptors (Lipinski definition) is 3. The van der Waals surface area contributed by atoms with Gasteiger partial charge >= 0.3 is 0 Å². The van der Waals surface area contributed by atoms with E-state index in [1.165, 1.54) is 6.92 Å². The first-order chi connectivity index (χ1) is 8.94. The first-order valence-electron chi connectivity index (χ1n) is 6.62. The Balaban J connectivity index is 2.55. The van der Waals surface area contributed by atoms with Crippen LogP contribution in [0, 0.1) is 5.41 Å². The molecule has 0 bridgehead atoms. The number of carbonyl (C=O) groups is 1. The molecule has 3 N–H and O–H groups in total. The maximum absolute atomic E-state index is 11.1. The summed E-state index contributed by atoms with van der Waals surface area (Å²) in [5, 5.41) is 15.2. The van der Waals surface area contributed by atoms with E-state index >= 15 is 0 Å². The Bertz CT molecular complexity index is 416. The van der Waals surface area contributed by atoms with E-state index in [4.69, 9.17) is 5.11 Å². The van der Waals surface area contributed by atoms with Gasteiger partial charge in [-0.25, -0.2) is 0 Å². The van der Waals surface area contributed by atoms with Gasteiger partial charge in [-0.3, -0.25) is 4.79 Å². The molecule has 0 aromatic heterocycles. The molecule has 0 spiro atoms. The summed E-state index contributed by atoms with van der Waals surface area (Å²) in [6.07, 6.45) is 0.771. The molecule has 0 aliphatic heterocycles. The van der Waals surface area contributed by atoms with Crippen molar-refractivity contribution >= 4 is 11.6 Å². The van der Waals surface area contributed by atoms with Crippen molar-refractivity contribution in [3.8, 4) is 0 Å². The van der Waals surface area contributed by atoms with Crippen molar-refractivity contribution in [2.24, 2.45) is 5.41 Å². The minimum atomic E-state index is -0.0620. The fraction of sp³-hybridized carbons (Fsp3) is 0.533. The van der Waals surface area contributed by atoms with Gasteiger partial charge in [-0.05, 0) is 23.5 Å². The Morgan fingerprint density at radius 1 is 1.32 bits per heavy atom. The number of amides is 1. The minimum absolute atomic E-state index is 0.0620. The second-order valence-corrected chi connectivity index (χ2v) is 5.58. The van der Waals surface area contributed by atoms with Crippen molar-refractivity contribution in [1.82, 2.24) is 5.32 Å². The average molecular weight is 264 g/mol. The van der Waals surface area contributed by atoms with Gasteiger partial charge in [0.2, 0.25) is 5.91 Å². The smallest absolute Gasteiger partial charge is 0.221 e. The molecule has 0 radical (unpaired) electrons. The van der Waals surface area contributed by atoms with Crippen LogP contribution in [-0.2, 0) is 11.3 Å². The van der Waals surface area contributed by atoms with Gasteiger partial charge in [0.05, 0.1) is 0 Å². The topological polar surface area (TPSA) is 61.4 Å². The number of rotatable bonds is 7. The van der Waals surface area contributed by atoms with Gasteiger partial charge in [-0.2, -0.15) is 0 Å². The molecule has 1 rings (SSSR count). The van der Waals surface area contributed by atoms with Crippen LogP contribution in [-0.4, -0.2) is 24.2 Å². The predicted molar refractivity (Wildman–Crippen MR) is 77.9 cm³/mol. The van der Waals surface area contributed by atoms with Gasteiger partial charge in [0, 0.05) is 32.3 Å². The average Bonchev–Trinajstić information content (AvgIpc) is 2.30. The van der Waals surface area contributed by atoms with E-state index in [-0.39, 0.29) is 17.9 Å². The lowest BCUT2D eigenvalue weighted by Gasteiger charge is -2.24. The molecule has 0 saturated heterocycles. The zero-order chi connectivity index (χ0) is 14.3. The summed E-state index contributed by atoms with van der Waals surface area (Å²) in [6, 6.07) is 7.76. The highest BCUT2D eigenvalue weighted by atomic mass is 16.3. The van der Waals surface area contributed by atoms with Crippen LogP contribution in [0.15, 0.2) is 24.3 Å². The fourth-order valence-electron chi connectivity index (χ4n) is 1.91. The van der Waals surface area contributed by atoms with E-state index in [0.29, 0.717) is 6.54 Å². The van der Waals surface area contributed by atoms with Gasteiger partial charge in [0.1, 0.15) is 0 Å². The van der Waals surface area contributed by atoms with Gasteiger partial charge < -0.3 is 15.7 Å². The van der Waals surface area contributed by atoms with Crippen LogP contribution in [0.3, 0.4) is 0 Å². The van der Waals surface area contributed by atoms with Crippen molar-refractivity contribution < 1.29 is 9.90 Å². The number of carbonyl (C=O) groups excluding carboxylic acids is 1. The molecule has 0 heterocycles. The van der Waals surface area contributed by atoms with Crippen molar-refractivity contribution in [1.29, 1.82) is 0 Å². The summed E-state index contributed by atoms with van der Waals surface area (Å²) in [7, 11) is 0. The largest absolute Gasteiger partial charge is 0.396 e. The number of benzene rings is 1. The van der Waals surface area contributed by atoms with Crippen LogP contribution < -0.4 is 10.6 Å². The molecule has 1 amide bonds. The summed E-state index contributed by atoms with van der Waals surface area (Å²) in [5.41, 5.74) is 1.98. The lowest BCUT2D eigenvalue weighted by atomic mass is 9.90. The number of hydrogen-bond donors (Lipinski definition) is 3. The molecule has 0 aliphatic carbocycles. The van der Waals surface area contributed by atoms with Crippen LogP contribution in [0.25, 0.3) is 0 Å². The summed E-state index contributed by atoms with van der Waals surface area (Å²) >= 11 is 0. The third-order valence-electron chi connectivity index (χ3n) is 3.04. The van der Waals surface area contributed by atoms with Crippen LogP contribution >= 0.6 is 0 Å². The molecule has 0 atom stereocenters. The Morgan fingerprint density at radius 3 is 2.63 bits per heavy atom. The maximum Gasteiger partial charge on any atom is 0.221 e. The fourth-order valence-corrected chi connectivity index (χ4v) is 1.91. The third-order valence-corrected chi connectivity index (χ3v) is 3.04. The zero-order valence-corrected chi connectivity index (χ0v) is 12.0. The van der Waals surface area contributed by atoms with Gasteiger partial charge in [0.25, 0.3) is 0 Å². The van der Waals surface area contributed by atoms with Crippen molar-refractivity contribution in [3.63, 3.8) is 0 Å².